The fraction of sp³-hybridized carbons (Fsp3) is 0.111. The summed E-state index contributed by atoms with van der Waals surface area (Å²) in [5.74, 6) is -0.406. The molecule has 1 amide bonds. The maximum Gasteiger partial charge on any atom is 0.270 e. The number of fused-ring (bicyclic) bond motifs is 2. The maximum atomic E-state index is 12.3. The first-order valence-electron chi connectivity index (χ1n) is 7.81. The van der Waals surface area contributed by atoms with Crippen LogP contribution in [0.3, 0.4) is 0 Å². The predicted molar refractivity (Wildman–Crippen MR) is 92.6 cm³/mol. The topological polar surface area (TPSA) is 80.8 Å². The van der Waals surface area contributed by atoms with Gasteiger partial charge in [-0.15, -0.1) is 0 Å². The van der Waals surface area contributed by atoms with E-state index in [1.54, 1.807) is 24.4 Å². The third-order valence-electron chi connectivity index (χ3n) is 3.88. The van der Waals surface area contributed by atoms with Crippen LogP contribution in [0.25, 0.3) is 11.3 Å². The minimum absolute atomic E-state index is 0.0933. The first-order valence-corrected chi connectivity index (χ1v) is 7.81. The summed E-state index contributed by atoms with van der Waals surface area (Å²) < 4.78 is 3.30. The molecule has 124 valence electrons. The maximum absolute atomic E-state index is 12.3. The van der Waals surface area contributed by atoms with Crippen molar-refractivity contribution in [2.45, 2.75) is 13.5 Å². The number of nitrogens with one attached hydrogen (secondary N) is 1. The van der Waals surface area contributed by atoms with Gasteiger partial charge < -0.3 is 9.72 Å². The molecule has 7 nitrogen and oxygen atoms in total. The van der Waals surface area contributed by atoms with E-state index < -0.39 is 5.91 Å². The lowest BCUT2D eigenvalue weighted by atomic mass is 10.3. The van der Waals surface area contributed by atoms with E-state index in [1.807, 2.05) is 35.9 Å². The summed E-state index contributed by atoms with van der Waals surface area (Å²) in [6, 6.07) is 10.3. The first-order chi connectivity index (χ1) is 12.1. The fourth-order valence-corrected chi connectivity index (χ4v) is 2.67. The number of pyridine rings is 2. The minimum atomic E-state index is -0.406. The molecule has 0 aromatic carbocycles. The van der Waals surface area contributed by atoms with Crippen molar-refractivity contribution in [1.82, 2.24) is 24.1 Å². The van der Waals surface area contributed by atoms with Gasteiger partial charge in [0.25, 0.3) is 11.5 Å². The van der Waals surface area contributed by atoms with E-state index in [-0.39, 0.29) is 17.8 Å². The van der Waals surface area contributed by atoms with Crippen LogP contribution in [-0.2, 0) is 6.54 Å². The predicted octanol–water partition coefficient (Wildman–Crippen LogP) is 1.58. The number of amides is 1. The van der Waals surface area contributed by atoms with Crippen molar-refractivity contribution in [2.24, 2.45) is 0 Å². The summed E-state index contributed by atoms with van der Waals surface area (Å²) in [5, 5.41) is 2.76. The number of aromatic nitrogens is 4. The van der Waals surface area contributed by atoms with E-state index in [0.29, 0.717) is 5.65 Å². The van der Waals surface area contributed by atoms with Gasteiger partial charge in [-0.3, -0.25) is 14.0 Å². The molecule has 0 bridgehead atoms. The van der Waals surface area contributed by atoms with Gasteiger partial charge in [-0.2, -0.15) is 0 Å². The van der Waals surface area contributed by atoms with E-state index in [9.17, 15) is 9.59 Å². The second kappa shape index (κ2) is 5.86. The Kier molecular flexibility index (Phi) is 3.53. The van der Waals surface area contributed by atoms with Crippen LogP contribution in [0, 0.1) is 6.92 Å². The third kappa shape index (κ3) is 2.87. The van der Waals surface area contributed by atoms with Gasteiger partial charge in [-0.25, -0.2) is 9.97 Å². The molecule has 25 heavy (non-hydrogen) atoms. The molecule has 0 aliphatic rings. The molecule has 4 aromatic rings. The minimum Gasteiger partial charge on any atom is -0.345 e. The molecule has 7 heteroatoms. The zero-order valence-electron chi connectivity index (χ0n) is 13.5. The highest BCUT2D eigenvalue weighted by atomic mass is 16.2. The Morgan fingerprint density at radius 1 is 1.12 bits per heavy atom. The van der Waals surface area contributed by atoms with Crippen LogP contribution >= 0.6 is 0 Å². The first kappa shape index (κ1) is 15.1. The van der Waals surface area contributed by atoms with Crippen molar-refractivity contribution in [3.8, 4) is 0 Å². The molecule has 0 saturated carbocycles. The normalized spacial score (nSPS) is 11.1. The van der Waals surface area contributed by atoms with Gasteiger partial charge in [-0.1, -0.05) is 12.1 Å². The standard InChI is InChI=1S/C18H15N5O2/c1-12-5-6-15-20-13(11-22(15)10-12)9-19-18(25)14-8-17(24)23-7-3-2-4-16(23)21-14/h2-8,10-11H,9H2,1H3,(H,19,25). The Morgan fingerprint density at radius 2 is 2.00 bits per heavy atom. The molecule has 4 rings (SSSR count). The molecular formula is C18H15N5O2. The zero-order chi connectivity index (χ0) is 17.4. The molecule has 0 radical (unpaired) electrons. The van der Waals surface area contributed by atoms with Gasteiger partial charge in [-0.05, 0) is 30.7 Å². The van der Waals surface area contributed by atoms with Gasteiger partial charge in [0, 0.05) is 24.7 Å². The number of hydrogen-bond acceptors (Lipinski definition) is 4. The van der Waals surface area contributed by atoms with Crippen molar-refractivity contribution >= 4 is 17.2 Å². The summed E-state index contributed by atoms with van der Waals surface area (Å²) in [6.45, 7) is 2.26. The fourth-order valence-electron chi connectivity index (χ4n) is 2.67. The molecule has 0 aliphatic carbocycles. The quantitative estimate of drug-likeness (QED) is 0.617. The molecule has 0 spiro atoms. The number of carbonyl (C=O) groups excluding carboxylic acids is 1. The van der Waals surface area contributed by atoms with Crippen LogP contribution < -0.4 is 10.9 Å². The molecule has 4 heterocycles. The Balaban J connectivity index is 1.56. The second-order valence-corrected chi connectivity index (χ2v) is 5.80. The average Bonchev–Trinajstić information content (AvgIpc) is 3.01. The second-order valence-electron chi connectivity index (χ2n) is 5.80. The SMILES string of the molecule is Cc1ccc2nc(CNC(=O)c3cc(=O)n4ccccc4n3)cn2c1. The zero-order valence-corrected chi connectivity index (χ0v) is 13.5. The van der Waals surface area contributed by atoms with Crippen LogP contribution in [0.4, 0.5) is 0 Å². The van der Waals surface area contributed by atoms with Gasteiger partial charge >= 0.3 is 0 Å². The van der Waals surface area contributed by atoms with E-state index >= 15 is 0 Å². The third-order valence-corrected chi connectivity index (χ3v) is 3.88. The van der Waals surface area contributed by atoms with Crippen LogP contribution in [0.5, 0.6) is 0 Å². The Morgan fingerprint density at radius 3 is 2.88 bits per heavy atom. The van der Waals surface area contributed by atoms with Crippen LogP contribution in [0.15, 0.2) is 59.8 Å². The number of hydrogen-bond donors (Lipinski definition) is 1. The van der Waals surface area contributed by atoms with Crippen molar-refractivity contribution in [3.05, 3.63) is 82.3 Å². The highest BCUT2D eigenvalue weighted by Gasteiger charge is 2.11. The summed E-state index contributed by atoms with van der Waals surface area (Å²) in [5.41, 5.74) is 2.91. The molecule has 1 N–H and O–H groups in total. The molecule has 0 aliphatic heterocycles. The Labute approximate surface area is 142 Å². The summed E-state index contributed by atoms with van der Waals surface area (Å²) >= 11 is 0. The van der Waals surface area contributed by atoms with E-state index in [4.69, 9.17) is 0 Å². The molecule has 0 atom stereocenters. The van der Waals surface area contributed by atoms with Crippen molar-refractivity contribution in [3.63, 3.8) is 0 Å². The lowest BCUT2D eigenvalue weighted by Gasteiger charge is -2.04. The van der Waals surface area contributed by atoms with Crippen molar-refractivity contribution in [2.75, 3.05) is 0 Å². The number of rotatable bonds is 3. The Hall–Kier alpha value is -3.48. The summed E-state index contributed by atoms with van der Waals surface area (Å²) in [6.07, 6.45) is 5.45. The lowest BCUT2D eigenvalue weighted by Crippen LogP contribution is -2.27. The monoisotopic (exact) mass is 333 g/mol. The summed E-state index contributed by atoms with van der Waals surface area (Å²) in [4.78, 5) is 33.1. The highest BCUT2D eigenvalue weighted by molar-refractivity contribution is 5.92. The number of nitrogens with zero attached hydrogens (tertiary/aromatic N) is 4. The van der Waals surface area contributed by atoms with E-state index in [0.717, 1.165) is 16.9 Å². The van der Waals surface area contributed by atoms with Crippen molar-refractivity contribution in [1.29, 1.82) is 0 Å². The van der Waals surface area contributed by atoms with Gasteiger partial charge in [0.05, 0.1) is 12.2 Å². The van der Waals surface area contributed by atoms with Crippen LogP contribution in [0.2, 0.25) is 0 Å². The lowest BCUT2D eigenvalue weighted by molar-refractivity contribution is 0.0945. The molecule has 0 fully saturated rings. The molecule has 0 saturated heterocycles. The average molecular weight is 333 g/mol. The molecule has 4 aromatic heterocycles. The Bertz CT molecular complexity index is 1160. The summed E-state index contributed by atoms with van der Waals surface area (Å²) in [7, 11) is 0. The van der Waals surface area contributed by atoms with Crippen LogP contribution in [-0.4, -0.2) is 24.7 Å². The number of imidazole rings is 1. The van der Waals surface area contributed by atoms with Crippen molar-refractivity contribution < 1.29 is 4.79 Å². The highest BCUT2D eigenvalue weighted by Crippen LogP contribution is 2.07. The van der Waals surface area contributed by atoms with Crippen LogP contribution in [0.1, 0.15) is 21.7 Å². The van der Waals surface area contributed by atoms with Gasteiger partial charge in [0.1, 0.15) is 17.0 Å². The molecule has 0 unspecified atom stereocenters. The largest absolute Gasteiger partial charge is 0.345 e. The number of carbonyl (C=O) groups is 1. The molecular weight excluding hydrogens is 318 g/mol. The smallest absolute Gasteiger partial charge is 0.270 e. The van der Waals surface area contributed by atoms with Gasteiger partial charge in [0.15, 0.2) is 0 Å². The van der Waals surface area contributed by atoms with E-state index in [1.165, 1.54) is 10.5 Å². The number of aryl methyl sites for hydroxylation is 1. The van der Waals surface area contributed by atoms with Gasteiger partial charge in [0.2, 0.25) is 0 Å². The van der Waals surface area contributed by atoms with E-state index in [2.05, 4.69) is 15.3 Å².